The normalized spacial score (nSPS) is 20.6. The van der Waals surface area contributed by atoms with E-state index in [0.29, 0.717) is 31.1 Å². The van der Waals surface area contributed by atoms with Crippen LogP contribution in [0.1, 0.15) is 55.3 Å². The molecule has 2 aliphatic rings. The summed E-state index contributed by atoms with van der Waals surface area (Å²) in [7, 11) is 0. The van der Waals surface area contributed by atoms with Crippen LogP contribution >= 0.6 is 0 Å². The maximum atomic E-state index is 5.80. The van der Waals surface area contributed by atoms with Crippen LogP contribution in [0.3, 0.4) is 0 Å². The molecule has 4 heteroatoms. The molecule has 34 heavy (non-hydrogen) atoms. The van der Waals surface area contributed by atoms with Crippen LogP contribution < -0.4 is 14.8 Å². The van der Waals surface area contributed by atoms with Crippen LogP contribution in [-0.4, -0.2) is 19.4 Å². The number of nitrogens with zero attached hydrogens (tertiary/aromatic N) is 1. The van der Waals surface area contributed by atoms with Gasteiger partial charge in [0.25, 0.3) is 0 Å². The van der Waals surface area contributed by atoms with Crippen molar-refractivity contribution in [1.29, 1.82) is 0 Å². The average Bonchev–Trinajstić information content (AvgIpc) is 3.37. The van der Waals surface area contributed by atoms with E-state index < -0.39 is 0 Å². The van der Waals surface area contributed by atoms with Gasteiger partial charge in [0.15, 0.2) is 11.5 Å². The lowest BCUT2D eigenvalue weighted by atomic mass is 9.77. The minimum Gasteiger partial charge on any atom is -0.490 e. The quantitative estimate of drug-likeness (QED) is 0.285. The summed E-state index contributed by atoms with van der Waals surface area (Å²) in [4.78, 5) is 4.70. The van der Waals surface area contributed by atoms with Gasteiger partial charge in [0, 0.05) is 17.8 Å². The topological polar surface area (TPSA) is 42.8 Å². The molecule has 4 nitrogen and oxygen atoms in total. The molecule has 3 aromatic carbocycles. The lowest BCUT2D eigenvalue weighted by molar-refractivity contribution is 0.277. The smallest absolute Gasteiger partial charge is 0.161 e. The highest BCUT2D eigenvalue weighted by molar-refractivity contribution is 5.83. The van der Waals surface area contributed by atoms with E-state index in [1.165, 1.54) is 16.8 Å². The monoisotopic (exact) mass is 452 g/mol. The number of rotatable bonds is 8. The predicted octanol–water partition coefficient (Wildman–Crippen LogP) is 7.45. The van der Waals surface area contributed by atoms with Gasteiger partial charge in [-0.1, -0.05) is 49.4 Å². The number of aliphatic imine (C=N–C) groups is 1. The Kier molecular flexibility index (Phi) is 6.66. The van der Waals surface area contributed by atoms with Gasteiger partial charge in [-0.25, -0.2) is 0 Å². The molecular formula is C30H32N2O2. The Labute approximate surface area is 202 Å². The fourth-order valence-corrected chi connectivity index (χ4v) is 4.99. The third-order valence-corrected chi connectivity index (χ3v) is 6.62. The van der Waals surface area contributed by atoms with Crippen molar-refractivity contribution in [1.82, 2.24) is 0 Å². The second-order valence-corrected chi connectivity index (χ2v) is 8.90. The van der Waals surface area contributed by atoms with Crippen molar-refractivity contribution in [2.24, 2.45) is 10.9 Å². The van der Waals surface area contributed by atoms with Crippen molar-refractivity contribution in [3.63, 3.8) is 0 Å². The number of benzene rings is 3. The molecule has 0 fully saturated rings. The molecule has 0 saturated heterocycles. The van der Waals surface area contributed by atoms with E-state index in [1.54, 1.807) is 0 Å². The van der Waals surface area contributed by atoms with Crippen LogP contribution in [-0.2, 0) is 0 Å². The molecule has 1 heterocycles. The van der Waals surface area contributed by atoms with Crippen molar-refractivity contribution in [2.45, 2.75) is 38.6 Å². The van der Waals surface area contributed by atoms with E-state index in [9.17, 15) is 0 Å². The third-order valence-electron chi connectivity index (χ3n) is 6.62. The third kappa shape index (κ3) is 4.58. The highest BCUT2D eigenvalue weighted by Gasteiger charge is 2.37. The summed E-state index contributed by atoms with van der Waals surface area (Å²) in [6.45, 7) is 5.36. The predicted molar refractivity (Wildman–Crippen MR) is 140 cm³/mol. The Bertz CT molecular complexity index is 1180. The van der Waals surface area contributed by atoms with Crippen LogP contribution in [0.5, 0.6) is 11.5 Å². The highest BCUT2D eigenvalue weighted by atomic mass is 16.5. The van der Waals surface area contributed by atoms with Gasteiger partial charge >= 0.3 is 0 Å². The van der Waals surface area contributed by atoms with Crippen molar-refractivity contribution >= 4 is 17.6 Å². The number of ether oxygens (including phenoxy) is 2. The van der Waals surface area contributed by atoms with Crippen LogP contribution in [0.25, 0.3) is 0 Å². The van der Waals surface area contributed by atoms with Gasteiger partial charge in [-0.2, -0.15) is 0 Å². The maximum absolute atomic E-state index is 5.80. The summed E-state index contributed by atoms with van der Waals surface area (Å²) < 4.78 is 11.6. The Morgan fingerprint density at radius 1 is 0.971 bits per heavy atom. The molecule has 1 N–H and O–H groups in total. The van der Waals surface area contributed by atoms with Crippen molar-refractivity contribution in [2.75, 3.05) is 18.5 Å². The summed E-state index contributed by atoms with van der Waals surface area (Å²) in [6.07, 6.45) is 8.67. The first-order chi connectivity index (χ1) is 16.8. The summed E-state index contributed by atoms with van der Waals surface area (Å²) in [5, 5.41) is 3.80. The number of nitrogens with one attached hydrogen (secondary N) is 1. The number of fused-ring (bicyclic) bond motifs is 3. The highest BCUT2D eigenvalue weighted by Crippen LogP contribution is 2.49. The van der Waals surface area contributed by atoms with Crippen LogP contribution in [0.4, 0.5) is 11.4 Å². The van der Waals surface area contributed by atoms with Gasteiger partial charge in [-0.05, 0) is 78.8 Å². The van der Waals surface area contributed by atoms with Gasteiger partial charge in [0.2, 0.25) is 0 Å². The molecule has 0 unspecified atom stereocenters. The Balaban J connectivity index is 1.32. The summed E-state index contributed by atoms with van der Waals surface area (Å²) in [5.74, 6) is 2.59. The zero-order valence-electron chi connectivity index (χ0n) is 19.9. The molecule has 1 aliphatic carbocycles. The lowest BCUT2D eigenvalue weighted by Gasteiger charge is -2.37. The second-order valence-electron chi connectivity index (χ2n) is 8.90. The molecule has 174 valence electrons. The van der Waals surface area contributed by atoms with Crippen LogP contribution in [0.2, 0.25) is 0 Å². The van der Waals surface area contributed by atoms with Crippen molar-refractivity contribution in [3.8, 4) is 11.5 Å². The average molecular weight is 453 g/mol. The molecular weight excluding hydrogens is 420 g/mol. The SMILES string of the molecule is CCCOc1ccc(C=Nc2ccc([C@@H]3Nc4ccccc4[C@H]4C=CC[C@H]43)cc2)cc1OCC. The number of allylic oxidation sites excluding steroid dienone is 2. The van der Waals surface area contributed by atoms with Gasteiger partial charge in [0.05, 0.1) is 24.9 Å². The van der Waals surface area contributed by atoms with Crippen molar-refractivity contribution < 1.29 is 9.47 Å². The maximum Gasteiger partial charge on any atom is 0.161 e. The van der Waals surface area contributed by atoms with Gasteiger partial charge in [0.1, 0.15) is 0 Å². The Hall–Kier alpha value is -3.53. The fourth-order valence-electron chi connectivity index (χ4n) is 4.99. The Morgan fingerprint density at radius 2 is 1.82 bits per heavy atom. The molecule has 0 radical (unpaired) electrons. The Morgan fingerprint density at radius 3 is 2.65 bits per heavy atom. The van der Waals surface area contributed by atoms with Crippen molar-refractivity contribution in [3.05, 3.63) is 95.6 Å². The van der Waals surface area contributed by atoms with E-state index in [4.69, 9.17) is 14.5 Å². The zero-order chi connectivity index (χ0) is 23.3. The van der Waals surface area contributed by atoms with Gasteiger partial charge in [-0.3, -0.25) is 4.99 Å². The van der Waals surface area contributed by atoms with Gasteiger partial charge in [-0.15, -0.1) is 0 Å². The molecule has 0 aromatic heterocycles. The minimum absolute atomic E-state index is 0.303. The first-order valence-electron chi connectivity index (χ1n) is 12.3. The van der Waals surface area contributed by atoms with Crippen LogP contribution in [0.15, 0.2) is 83.9 Å². The lowest BCUT2D eigenvalue weighted by Crippen LogP contribution is -2.28. The molecule has 3 aromatic rings. The second kappa shape index (κ2) is 10.2. The number of anilines is 1. The minimum atomic E-state index is 0.303. The molecule has 5 rings (SSSR count). The standard InChI is InChI=1S/C30H32N2O2/c1-3-18-34-28-17-12-21(19-29(28)33-4-2)20-31-23-15-13-22(14-16-23)30-26-10-7-9-24(26)25-8-5-6-11-27(25)32-30/h5-9,11-17,19-20,24,26,30,32H,3-4,10,18H2,1-2H3/t24-,26-,30+/m1/s1. The number of hydrogen-bond donors (Lipinski definition) is 1. The van der Waals surface area contributed by atoms with Crippen LogP contribution in [0, 0.1) is 5.92 Å². The van der Waals surface area contributed by atoms with E-state index in [2.05, 4.69) is 72.9 Å². The first kappa shape index (κ1) is 22.3. The van der Waals surface area contributed by atoms with E-state index >= 15 is 0 Å². The van der Waals surface area contributed by atoms with Gasteiger partial charge < -0.3 is 14.8 Å². The molecule has 0 spiro atoms. The number of hydrogen-bond acceptors (Lipinski definition) is 4. The molecule has 0 saturated carbocycles. The zero-order valence-corrected chi connectivity index (χ0v) is 19.9. The van der Waals surface area contributed by atoms with E-state index in [0.717, 1.165) is 35.6 Å². The van der Waals surface area contributed by atoms with E-state index in [-0.39, 0.29) is 0 Å². The molecule has 0 bridgehead atoms. The molecule has 1 aliphatic heterocycles. The molecule has 3 atom stereocenters. The fraction of sp³-hybridized carbons (Fsp3) is 0.300. The summed E-state index contributed by atoms with van der Waals surface area (Å²) in [5.41, 5.74) is 5.89. The number of para-hydroxylation sites is 1. The summed E-state index contributed by atoms with van der Waals surface area (Å²) in [6, 6.07) is 23.6. The first-order valence-corrected chi connectivity index (χ1v) is 12.3. The largest absolute Gasteiger partial charge is 0.490 e. The molecule has 0 amide bonds. The van der Waals surface area contributed by atoms with E-state index in [1.807, 2.05) is 31.3 Å². The summed E-state index contributed by atoms with van der Waals surface area (Å²) >= 11 is 0.